The van der Waals surface area contributed by atoms with Crippen molar-refractivity contribution in [1.82, 2.24) is 0 Å². The van der Waals surface area contributed by atoms with Crippen LogP contribution in [0.1, 0.15) is 28.4 Å². The quantitative estimate of drug-likeness (QED) is 0.296. The maximum atomic E-state index is 13.9. The summed E-state index contributed by atoms with van der Waals surface area (Å²) in [6, 6.07) is 31.7. The first-order valence-corrected chi connectivity index (χ1v) is 12.9. The lowest BCUT2D eigenvalue weighted by Gasteiger charge is -2.24. The fourth-order valence-electron chi connectivity index (χ4n) is 3.89. The smallest absolute Gasteiger partial charge is 0.272 e. The van der Waals surface area contributed by atoms with Gasteiger partial charge in [0.1, 0.15) is 5.75 Å². The van der Waals surface area contributed by atoms with Gasteiger partial charge < -0.3 is 4.74 Å². The Kier molecular flexibility index (Phi) is 7.63. The van der Waals surface area contributed by atoms with Crippen molar-refractivity contribution in [2.24, 2.45) is 0 Å². The number of hydrogen-bond donors (Lipinski definition) is 0. The second-order valence-electron chi connectivity index (χ2n) is 7.96. The highest BCUT2D eigenvalue weighted by Gasteiger charge is 2.32. The van der Waals surface area contributed by atoms with Gasteiger partial charge >= 0.3 is 0 Å². The molecule has 0 heterocycles. The first kappa shape index (κ1) is 24.2. The summed E-state index contributed by atoms with van der Waals surface area (Å²) >= 11 is 0. The Hall–Kier alpha value is -3.90. The number of sulfonamides is 1. The van der Waals surface area contributed by atoms with Crippen molar-refractivity contribution in [3.05, 3.63) is 126 Å². The molecule has 35 heavy (non-hydrogen) atoms. The minimum Gasteiger partial charge on any atom is -0.494 e. The van der Waals surface area contributed by atoms with Crippen molar-refractivity contribution in [1.29, 1.82) is 0 Å². The fraction of sp³-hybridized carbons (Fsp3) is 0.138. The molecule has 0 aliphatic rings. The zero-order valence-electron chi connectivity index (χ0n) is 19.5. The summed E-state index contributed by atoms with van der Waals surface area (Å²) in [7, 11) is -4.17. The van der Waals surface area contributed by atoms with Crippen LogP contribution in [0.3, 0.4) is 0 Å². The largest absolute Gasteiger partial charge is 0.494 e. The number of aryl methyl sites for hydroxylation is 2. The van der Waals surface area contributed by atoms with Crippen molar-refractivity contribution >= 4 is 21.6 Å². The molecule has 4 rings (SSSR count). The molecule has 4 aromatic carbocycles. The number of amides is 1. The summed E-state index contributed by atoms with van der Waals surface area (Å²) in [5.41, 5.74) is 2.55. The van der Waals surface area contributed by atoms with E-state index in [2.05, 4.69) is 0 Å². The van der Waals surface area contributed by atoms with E-state index in [1.54, 1.807) is 54.6 Å². The third-order valence-corrected chi connectivity index (χ3v) is 7.35. The van der Waals surface area contributed by atoms with Crippen LogP contribution < -0.4 is 9.04 Å². The van der Waals surface area contributed by atoms with Gasteiger partial charge in [-0.05, 0) is 73.4 Å². The molecule has 0 unspecified atom stereocenters. The van der Waals surface area contributed by atoms with Crippen molar-refractivity contribution < 1.29 is 17.9 Å². The molecular weight excluding hydrogens is 458 g/mol. The maximum absolute atomic E-state index is 13.9. The molecule has 5 nitrogen and oxygen atoms in total. The molecule has 6 heteroatoms. The average Bonchev–Trinajstić information content (AvgIpc) is 2.90. The van der Waals surface area contributed by atoms with E-state index in [1.165, 1.54) is 12.1 Å². The van der Waals surface area contributed by atoms with Crippen LogP contribution in [0.15, 0.2) is 114 Å². The third kappa shape index (κ3) is 5.61. The normalized spacial score (nSPS) is 11.1. The summed E-state index contributed by atoms with van der Waals surface area (Å²) in [6.07, 6.45) is 1.34. The Bertz CT molecular complexity index is 1370. The number of benzene rings is 4. The van der Waals surface area contributed by atoms with Crippen molar-refractivity contribution in [3.8, 4) is 5.75 Å². The first-order valence-electron chi connectivity index (χ1n) is 11.5. The van der Waals surface area contributed by atoms with Crippen molar-refractivity contribution in [2.45, 2.75) is 24.7 Å². The van der Waals surface area contributed by atoms with Crippen LogP contribution in [-0.2, 0) is 22.9 Å². The minimum absolute atomic E-state index is 0.0454. The Labute approximate surface area is 206 Å². The highest BCUT2D eigenvalue weighted by molar-refractivity contribution is 7.93. The third-order valence-electron chi connectivity index (χ3n) is 5.62. The minimum atomic E-state index is -4.17. The molecule has 0 fully saturated rings. The fourth-order valence-corrected chi connectivity index (χ4v) is 5.32. The predicted molar refractivity (Wildman–Crippen MR) is 138 cm³/mol. The van der Waals surface area contributed by atoms with E-state index in [4.69, 9.17) is 4.74 Å². The van der Waals surface area contributed by atoms with E-state index in [1.807, 2.05) is 49.4 Å². The van der Waals surface area contributed by atoms with Gasteiger partial charge in [-0.1, -0.05) is 66.7 Å². The van der Waals surface area contributed by atoms with Gasteiger partial charge in [0.15, 0.2) is 0 Å². The zero-order valence-corrected chi connectivity index (χ0v) is 20.3. The van der Waals surface area contributed by atoms with E-state index in [0.29, 0.717) is 24.3 Å². The van der Waals surface area contributed by atoms with Crippen LogP contribution >= 0.6 is 0 Å². The van der Waals surface area contributed by atoms with E-state index in [0.717, 1.165) is 21.9 Å². The van der Waals surface area contributed by atoms with Crippen LogP contribution in [0.4, 0.5) is 5.69 Å². The summed E-state index contributed by atoms with van der Waals surface area (Å²) in [5.74, 6) is 0.00527. The summed E-state index contributed by atoms with van der Waals surface area (Å²) in [6.45, 7) is 2.36. The number of carbonyl (C=O) groups excluding carboxylic acids is 1. The van der Waals surface area contributed by atoms with E-state index in [9.17, 15) is 13.2 Å². The van der Waals surface area contributed by atoms with Crippen LogP contribution in [0, 0.1) is 0 Å². The molecule has 0 saturated heterocycles. The number of ether oxygens (including phenoxy) is 1. The Morgan fingerprint density at radius 1 is 0.743 bits per heavy atom. The van der Waals surface area contributed by atoms with Gasteiger partial charge in [-0.25, -0.2) is 8.42 Å². The van der Waals surface area contributed by atoms with Gasteiger partial charge in [-0.15, -0.1) is 0 Å². The number of anilines is 1. The van der Waals surface area contributed by atoms with Gasteiger partial charge in [0.2, 0.25) is 0 Å². The van der Waals surface area contributed by atoms with Crippen LogP contribution in [0.25, 0.3) is 0 Å². The SMILES string of the molecule is CCOc1ccc(N(C(=O)c2ccccc2CCc2ccccc2)S(=O)(=O)c2ccccc2)cc1. The lowest BCUT2D eigenvalue weighted by molar-refractivity contribution is 0.100. The second kappa shape index (κ2) is 11.0. The van der Waals surface area contributed by atoms with Crippen LogP contribution in [-0.4, -0.2) is 20.9 Å². The van der Waals surface area contributed by atoms with E-state index < -0.39 is 15.9 Å². The first-order chi connectivity index (χ1) is 17.0. The van der Waals surface area contributed by atoms with Gasteiger partial charge in [0, 0.05) is 5.56 Å². The molecule has 0 aliphatic carbocycles. The maximum Gasteiger partial charge on any atom is 0.272 e. The molecule has 0 bridgehead atoms. The molecule has 0 atom stereocenters. The summed E-state index contributed by atoms with van der Waals surface area (Å²) in [4.78, 5) is 14.0. The number of nitrogens with zero attached hydrogens (tertiary/aromatic N) is 1. The van der Waals surface area contributed by atoms with Crippen molar-refractivity contribution in [3.63, 3.8) is 0 Å². The number of carbonyl (C=O) groups is 1. The van der Waals surface area contributed by atoms with Crippen LogP contribution in [0.5, 0.6) is 5.75 Å². The van der Waals surface area contributed by atoms with E-state index >= 15 is 0 Å². The number of hydrogen-bond acceptors (Lipinski definition) is 4. The van der Waals surface area contributed by atoms with Crippen LogP contribution in [0.2, 0.25) is 0 Å². The lowest BCUT2D eigenvalue weighted by atomic mass is 9.99. The summed E-state index contributed by atoms with van der Waals surface area (Å²) < 4.78 is 33.8. The Balaban J connectivity index is 1.75. The molecule has 0 radical (unpaired) electrons. The molecule has 0 N–H and O–H groups in total. The van der Waals surface area contributed by atoms with Gasteiger partial charge in [0.05, 0.1) is 17.2 Å². The topological polar surface area (TPSA) is 63.7 Å². The zero-order chi connectivity index (χ0) is 24.7. The predicted octanol–water partition coefficient (Wildman–Crippen LogP) is 5.91. The highest BCUT2D eigenvalue weighted by atomic mass is 32.2. The van der Waals surface area contributed by atoms with Gasteiger partial charge in [-0.2, -0.15) is 4.31 Å². The molecule has 0 aromatic heterocycles. The molecule has 0 saturated carbocycles. The van der Waals surface area contributed by atoms with E-state index in [-0.39, 0.29) is 10.6 Å². The molecule has 178 valence electrons. The second-order valence-corrected chi connectivity index (χ2v) is 9.74. The molecular formula is C29H27NO4S. The van der Waals surface area contributed by atoms with Gasteiger partial charge in [-0.3, -0.25) is 4.79 Å². The van der Waals surface area contributed by atoms with Gasteiger partial charge in [0.25, 0.3) is 15.9 Å². The molecule has 0 aliphatic heterocycles. The highest BCUT2D eigenvalue weighted by Crippen LogP contribution is 2.29. The molecule has 4 aromatic rings. The Morgan fingerprint density at radius 3 is 2.00 bits per heavy atom. The standard InChI is InChI=1S/C29H27NO4S/c1-2-34-26-21-19-25(20-22-26)30(35(32,33)27-14-7-4-8-15-27)29(31)28-16-10-9-13-24(28)18-17-23-11-5-3-6-12-23/h3-16,19-22H,2,17-18H2,1H3. The average molecular weight is 486 g/mol. The lowest BCUT2D eigenvalue weighted by Crippen LogP contribution is -2.37. The molecule has 0 spiro atoms. The molecule has 1 amide bonds. The van der Waals surface area contributed by atoms with Crippen molar-refractivity contribution in [2.75, 3.05) is 10.9 Å². The summed E-state index contributed by atoms with van der Waals surface area (Å²) in [5, 5.41) is 0. The number of rotatable bonds is 9. The Morgan fingerprint density at radius 2 is 1.34 bits per heavy atom. The monoisotopic (exact) mass is 485 g/mol.